The number of nitrogens with one attached hydrogen (secondary N) is 2. The Kier molecular flexibility index (Phi) is 6.36. The van der Waals surface area contributed by atoms with Crippen molar-refractivity contribution >= 4 is 28.7 Å². The molecule has 0 atom stereocenters. The number of hydrogen-bond acceptors (Lipinski definition) is 4. The van der Waals surface area contributed by atoms with Crippen LogP contribution in [0.3, 0.4) is 0 Å². The number of nitrogens with zero attached hydrogens (tertiary/aromatic N) is 1. The maximum absolute atomic E-state index is 5.38. The van der Waals surface area contributed by atoms with Gasteiger partial charge in [0.25, 0.3) is 0 Å². The zero-order valence-electron chi connectivity index (χ0n) is 15.1. The molecule has 0 aliphatic heterocycles. The molecule has 0 saturated carbocycles. The molecule has 5 nitrogen and oxygen atoms in total. The van der Waals surface area contributed by atoms with Gasteiger partial charge in [0, 0.05) is 11.3 Å². The lowest BCUT2D eigenvalue weighted by atomic mass is 10.1. The summed E-state index contributed by atoms with van der Waals surface area (Å²) in [6.45, 7) is 5.97. The third kappa shape index (κ3) is 4.93. The Hall–Kier alpha value is -2.60. The largest absolute Gasteiger partial charge is 0.497 e. The minimum atomic E-state index is 0.424. The van der Waals surface area contributed by atoms with Crippen molar-refractivity contribution in [1.82, 2.24) is 5.43 Å². The number of benzene rings is 2. The molecule has 0 fully saturated rings. The van der Waals surface area contributed by atoms with Crippen LogP contribution in [0, 0.1) is 13.8 Å². The van der Waals surface area contributed by atoms with E-state index in [4.69, 9.17) is 21.7 Å². The fraction of sp³-hybridized carbons (Fsp3) is 0.263. The van der Waals surface area contributed by atoms with Crippen molar-refractivity contribution in [3.8, 4) is 11.5 Å². The summed E-state index contributed by atoms with van der Waals surface area (Å²) in [6.07, 6.45) is 0. The highest BCUT2D eigenvalue weighted by molar-refractivity contribution is 7.80. The Morgan fingerprint density at radius 1 is 1.04 bits per heavy atom. The van der Waals surface area contributed by atoms with Crippen LogP contribution < -0.4 is 20.2 Å². The first-order chi connectivity index (χ1) is 11.9. The van der Waals surface area contributed by atoms with Crippen molar-refractivity contribution in [3.63, 3.8) is 0 Å². The number of methoxy groups -OCH3 is 2. The first-order valence-electron chi connectivity index (χ1n) is 7.85. The lowest BCUT2D eigenvalue weighted by molar-refractivity contribution is 0.402. The molecule has 0 radical (unpaired) electrons. The summed E-state index contributed by atoms with van der Waals surface area (Å²) in [7, 11) is 3.25. The summed E-state index contributed by atoms with van der Waals surface area (Å²) in [6, 6.07) is 11.7. The molecule has 2 aromatic carbocycles. The van der Waals surface area contributed by atoms with Gasteiger partial charge in [-0.05, 0) is 62.8 Å². The topological polar surface area (TPSA) is 54.9 Å². The zero-order valence-corrected chi connectivity index (χ0v) is 16.0. The van der Waals surface area contributed by atoms with E-state index >= 15 is 0 Å². The maximum atomic E-state index is 5.38. The normalized spacial score (nSPS) is 11.0. The second kappa shape index (κ2) is 8.48. The third-order valence-electron chi connectivity index (χ3n) is 3.75. The van der Waals surface area contributed by atoms with Crippen molar-refractivity contribution < 1.29 is 9.47 Å². The average molecular weight is 357 g/mol. The second-order valence-corrected chi connectivity index (χ2v) is 6.06. The van der Waals surface area contributed by atoms with Gasteiger partial charge in [0.2, 0.25) is 0 Å². The van der Waals surface area contributed by atoms with Crippen LogP contribution in [0.5, 0.6) is 11.5 Å². The minimum absolute atomic E-state index is 0.424. The monoisotopic (exact) mass is 357 g/mol. The second-order valence-electron chi connectivity index (χ2n) is 5.65. The van der Waals surface area contributed by atoms with E-state index in [-0.39, 0.29) is 0 Å². The first-order valence-corrected chi connectivity index (χ1v) is 8.26. The number of hydrazone groups is 1. The molecule has 6 heteroatoms. The van der Waals surface area contributed by atoms with Crippen LogP contribution in [-0.4, -0.2) is 25.0 Å². The minimum Gasteiger partial charge on any atom is -0.497 e. The smallest absolute Gasteiger partial charge is 0.191 e. The Morgan fingerprint density at radius 3 is 2.44 bits per heavy atom. The van der Waals surface area contributed by atoms with Gasteiger partial charge in [0.1, 0.15) is 11.5 Å². The Labute approximate surface area is 154 Å². The number of aryl methyl sites for hydroxylation is 2. The van der Waals surface area contributed by atoms with Gasteiger partial charge >= 0.3 is 0 Å². The van der Waals surface area contributed by atoms with Gasteiger partial charge in [-0.3, -0.25) is 5.43 Å². The van der Waals surface area contributed by atoms with E-state index in [1.54, 1.807) is 14.2 Å². The Morgan fingerprint density at radius 2 is 1.80 bits per heavy atom. The van der Waals surface area contributed by atoms with Gasteiger partial charge in [-0.2, -0.15) is 5.10 Å². The molecule has 0 aliphatic rings. The van der Waals surface area contributed by atoms with E-state index in [1.807, 2.05) is 44.2 Å². The summed E-state index contributed by atoms with van der Waals surface area (Å²) in [5.74, 6) is 1.46. The van der Waals surface area contributed by atoms with E-state index < -0.39 is 0 Å². The summed E-state index contributed by atoms with van der Waals surface area (Å²) in [4.78, 5) is 0. The number of ether oxygens (including phenoxy) is 2. The van der Waals surface area contributed by atoms with Crippen molar-refractivity contribution in [3.05, 3.63) is 53.1 Å². The highest BCUT2D eigenvalue weighted by Gasteiger charge is 2.09. The third-order valence-corrected chi connectivity index (χ3v) is 3.95. The van der Waals surface area contributed by atoms with Gasteiger partial charge in [-0.25, -0.2) is 0 Å². The molecule has 0 saturated heterocycles. The summed E-state index contributed by atoms with van der Waals surface area (Å²) < 4.78 is 10.6. The van der Waals surface area contributed by atoms with Crippen LogP contribution in [0.1, 0.15) is 23.6 Å². The van der Waals surface area contributed by atoms with Crippen LogP contribution in [0.25, 0.3) is 0 Å². The molecular formula is C19H23N3O2S. The molecule has 0 unspecified atom stereocenters. The van der Waals surface area contributed by atoms with Gasteiger partial charge in [0.05, 0.1) is 19.9 Å². The van der Waals surface area contributed by atoms with Crippen LogP contribution >= 0.6 is 12.2 Å². The average Bonchev–Trinajstić information content (AvgIpc) is 2.61. The molecule has 0 heterocycles. The fourth-order valence-corrected chi connectivity index (χ4v) is 2.55. The number of thiocarbonyl (C=S) groups is 1. The summed E-state index contributed by atoms with van der Waals surface area (Å²) >= 11 is 5.32. The van der Waals surface area contributed by atoms with E-state index in [2.05, 4.69) is 28.8 Å². The van der Waals surface area contributed by atoms with E-state index in [1.165, 1.54) is 5.56 Å². The van der Waals surface area contributed by atoms with Gasteiger partial charge in [0.15, 0.2) is 5.11 Å². The number of rotatable bonds is 5. The van der Waals surface area contributed by atoms with Gasteiger partial charge in [-0.15, -0.1) is 0 Å². The zero-order chi connectivity index (χ0) is 18.4. The molecule has 0 spiro atoms. The van der Waals surface area contributed by atoms with Gasteiger partial charge < -0.3 is 14.8 Å². The van der Waals surface area contributed by atoms with Crippen LogP contribution in [0.15, 0.2) is 41.5 Å². The van der Waals surface area contributed by atoms with Crippen LogP contribution in [-0.2, 0) is 0 Å². The quantitative estimate of drug-likeness (QED) is 0.481. The molecule has 2 rings (SSSR count). The van der Waals surface area contributed by atoms with Crippen molar-refractivity contribution in [2.45, 2.75) is 20.8 Å². The van der Waals surface area contributed by atoms with E-state index in [0.717, 1.165) is 34.0 Å². The lowest BCUT2D eigenvalue weighted by Gasteiger charge is -2.12. The molecule has 0 aromatic heterocycles. The molecule has 0 amide bonds. The molecule has 2 aromatic rings. The van der Waals surface area contributed by atoms with Crippen molar-refractivity contribution in [2.75, 3.05) is 19.5 Å². The summed E-state index contributed by atoms with van der Waals surface area (Å²) in [5.41, 5.74) is 7.73. The van der Waals surface area contributed by atoms with Crippen molar-refractivity contribution in [1.29, 1.82) is 0 Å². The Balaban J connectivity index is 2.11. The standard InChI is InChI=1S/C19H23N3O2S/c1-12-6-8-17(13(2)10-12)20-19(25)22-21-14(3)16-11-15(23-4)7-9-18(16)24-5/h6-11H,1-5H3,(H2,20,22,25)/b21-14+. The highest BCUT2D eigenvalue weighted by atomic mass is 32.1. The predicted octanol–water partition coefficient (Wildman–Crippen LogP) is 4.03. The van der Waals surface area contributed by atoms with Crippen LogP contribution in [0.2, 0.25) is 0 Å². The molecule has 0 bridgehead atoms. The number of anilines is 1. The van der Waals surface area contributed by atoms with E-state index in [0.29, 0.717) is 5.11 Å². The maximum Gasteiger partial charge on any atom is 0.191 e. The lowest BCUT2D eigenvalue weighted by Crippen LogP contribution is -2.25. The molecule has 2 N–H and O–H groups in total. The molecular weight excluding hydrogens is 334 g/mol. The predicted molar refractivity (Wildman–Crippen MR) is 107 cm³/mol. The molecule has 25 heavy (non-hydrogen) atoms. The number of hydrogen-bond donors (Lipinski definition) is 2. The Bertz CT molecular complexity index is 803. The van der Waals surface area contributed by atoms with Gasteiger partial charge in [-0.1, -0.05) is 17.7 Å². The first kappa shape index (κ1) is 18.7. The molecule has 132 valence electrons. The highest BCUT2D eigenvalue weighted by Crippen LogP contribution is 2.24. The fourth-order valence-electron chi connectivity index (χ4n) is 2.40. The van der Waals surface area contributed by atoms with Crippen LogP contribution in [0.4, 0.5) is 5.69 Å². The van der Waals surface area contributed by atoms with E-state index in [9.17, 15) is 0 Å². The molecule has 0 aliphatic carbocycles. The summed E-state index contributed by atoms with van der Waals surface area (Å²) in [5, 5.41) is 7.93. The van der Waals surface area contributed by atoms with Crippen molar-refractivity contribution in [2.24, 2.45) is 5.10 Å². The SMILES string of the molecule is COc1ccc(OC)c(/C(C)=N/NC(=S)Nc2ccc(C)cc2C)c1.